The highest BCUT2D eigenvalue weighted by Crippen LogP contribution is 2.24. The number of morpholine rings is 1. The van der Waals surface area contributed by atoms with Crippen LogP contribution in [0.4, 0.5) is 0 Å². The van der Waals surface area contributed by atoms with E-state index in [1.165, 1.54) is 0 Å². The number of nitrogens with one attached hydrogen (secondary N) is 1. The first-order valence-electron chi connectivity index (χ1n) is 9.72. The number of Topliss-reactive ketones (excluding diaryl/α,β-unsaturated/α-hetero) is 1. The molecule has 0 bridgehead atoms. The van der Waals surface area contributed by atoms with Gasteiger partial charge in [0, 0.05) is 75.0 Å². The van der Waals surface area contributed by atoms with Gasteiger partial charge in [-0.1, -0.05) is 6.07 Å². The molecular weight excluding hydrogens is 342 g/mol. The van der Waals surface area contributed by atoms with Gasteiger partial charge in [-0.25, -0.2) is 0 Å². The predicted octanol–water partition coefficient (Wildman–Crippen LogP) is 0.161. The highest BCUT2D eigenvalue weighted by atomic mass is 16.5. The number of carbonyl (C=O) groups excluding carboxylic acids is 1. The Morgan fingerprint density at radius 3 is 2.59 bits per heavy atom. The van der Waals surface area contributed by atoms with E-state index < -0.39 is 0 Å². The van der Waals surface area contributed by atoms with Gasteiger partial charge in [-0.05, 0) is 20.2 Å². The van der Waals surface area contributed by atoms with Gasteiger partial charge in [0.2, 0.25) is 0 Å². The van der Waals surface area contributed by atoms with Gasteiger partial charge in [0.1, 0.15) is 0 Å². The average Bonchev–Trinajstić information content (AvgIpc) is 2.69. The van der Waals surface area contributed by atoms with Crippen molar-refractivity contribution in [3.05, 3.63) is 35.8 Å². The number of nitrogens with zero attached hydrogens (tertiary/aromatic N) is 4. The third kappa shape index (κ3) is 5.59. The molecule has 0 amide bonds. The average molecular weight is 374 g/mol. The molecule has 3 heterocycles. The van der Waals surface area contributed by atoms with Crippen molar-refractivity contribution in [3.63, 3.8) is 0 Å². The van der Waals surface area contributed by atoms with Crippen LogP contribution in [-0.2, 0) is 9.53 Å². The molecule has 0 saturated carbocycles. The molecule has 3 rings (SSSR count). The monoisotopic (exact) mass is 373 g/mol. The van der Waals surface area contributed by atoms with E-state index in [1.54, 1.807) is 6.20 Å². The Balaban J connectivity index is 1.96. The minimum atomic E-state index is 0.167. The molecule has 27 heavy (non-hydrogen) atoms. The normalized spacial score (nSPS) is 19.9. The summed E-state index contributed by atoms with van der Waals surface area (Å²) in [7, 11) is 4.10. The molecule has 1 N–H and O–H groups in total. The summed E-state index contributed by atoms with van der Waals surface area (Å²) in [5, 5.41) is 3.40. The fourth-order valence-corrected chi connectivity index (χ4v) is 3.61. The number of hydrogen-bond donors (Lipinski definition) is 1. The van der Waals surface area contributed by atoms with Gasteiger partial charge in [-0.3, -0.25) is 14.7 Å². The van der Waals surface area contributed by atoms with Crippen molar-refractivity contribution in [1.29, 1.82) is 0 Å². The van der Waals surface area contributed by atoms with Crippen molar-refractivity contribution >= 4 is 11.4 Å². The van der Waals surface area contributed by atoms with Crippen LogP contribution in [0.1, 0.15) is 5.56 Å². The fraction of sp³-hybridized carbons (Fsp3) is 0.600. The largest absolute Gasteiger partial charge is 0.379 e. The number of ether oxygens (including phenoxy) is 1. The summed E-state index contributed by atoms with van der Waals surface area (Å²) in [6.45, 7) is 7.88. The SMILES string of the molecule is CN(C)CC(=C(C(=O)CN1CCOCC1)c1cccnc1)N1CCNCC1. The number of pyridine rings is 1. The quantitative estimate of drug-likeness (QED) is 0.683. The van der Waals surface area contributed by atoms with Crippen LogP contribution in [0, 0.1) is 0 Å². The topological polar surface area (TPSA) is 60.9 Å². The van der Waals surface area contributed by atoms with Gasteiger partial charge in [-0.15, -0.1) is 0 Å². The molecule has 0 atom stereocenters. The number of carbonyl (C=O) groups is 1. The van der Waals surface area contributed by atoms with E-state index in [9.17, 15) is 4.79 Å². The lowest BCUT2D eigenvalue weighted by Crippen LogP contribution is -2.46. The zero-order valence-electron chi connectivity index (χ0n) is 16.5. The number of hydrogen-bond acceptors (Lipinski definition) is 7. The second-order valence-electron chi connectivity index (χ2n) is 7.35. The van der Waals surface area contributed by atoms with Crippen molar-refractivity contribution in [3.8, 4) is 0 Å². The molecule has 7 heteroatoms. The Morgan fingerprint density at radius 1 is 1.22 bits per heavy atom. The maximum absolute atomic E-state index is 13.4. The molecule has 7 nitrogen and oxygen atoms in total. The van der Waals surface area contributed by atoms with Crippen LogP contribution in [0.25, 0.3) is 5.57 Å². The van der Waals surface area contributed by atoms with Crippen LogP contribution in [0.3, 0.4) is 0 Å². The Kier molecular flexibility index (Phi) is 7.34. The lowest BCUT2D eigenvalue weighted by Gasteiger charge is -2.35. The van der Waals surface area contributed by atoms with Gasteiger partial charge in [0.05, 0.1) is 19.8 Å². The molecule has 1 aromatic rings. The summed E-state index contributed by atoms with van der Waals surface area (Å²) in [6.07, 6.45) is 3.56. The zero-order chi connectivity index (χ0) is 19.1. The van der Waals surface area contributed by atoms with Crippen molar-refractivity contribution in [2.45, 2.75) is 0 Å². The highest BCUT2D eigenvalue weighted by Gasteiger charge is 2.25. The summed E-state index contributed by atoms with van der Waals surface area (Å²) in [5.74, 6) is 0.167. The van der Waals surface area contributed by atoms with E-state index in [0.29, 0.717) is 19.8 Å². The van der Waals surface area contributed by atoms with Gasteiger partial charge >= 0.3 is 0 Å². The first-order valence-corrected chi connectivity index (χ1v) is 9.72. The van der Waals surface area contributed by atoms with Crippen LogP contribution in [-0.4, -0.2) is 105 Å². The molecule has 0 unspecified atom stereocenters. The van der Waals surface area contributed by atoms with E-state index in [2.05, 4.69) is 39.1 Å². The van der Waals surface area contributed by atoms with E-state index in [4.69, 9.17) is 4.74 Å². The molecule has 0 aliphatic carbocycles. The summed E-state index contributed by atoms with van der Waals surface area (Å²) < 4.78 is 5.42. The smallest absolute Gasteiger partial charge is 0.179 e. The summed E-state index contributed by atoms with van der Waals surface area (Å²) in [6, 6.07) is 3.90. The Labute approximate surface area is 162 Å². The van der Waals surface area contributed by atoms with E-state index >= 15 is 0 Å². The van der Waals surface area contributed by atoms with E-state index in [0.717, 1.165) is 62.6 Å². The summed E-state index contributed by atoms with van der Waals surface area (Å²) in [4.78, 5) is 24.4. The van der Waals surface area contributed by atoms with Gasteiger partial charge in [0.15, 0.2) is 5.78 Å². The Hall–Kier alpha value is -1.80. The van der Waals surface area contributed by atoms with E-state index in [-0.39, 0.29) is 5.78 Å². The highest BCUT2D eigenvalue weighted by molar-refractivity contribution is 6.22. The summed E-state index contributed by atoms with van der Waals surface area (Å²) >= 11 is 0. The maximum atomic E-state index is 13.4. The van der Waals surface area contributed by atoms with Crippen LogP contribution in [0.15, 0.2) is 30.2 Å². The van der Waals surface area contributed by atoms with Crippen molar-refractivity contribution < 1.29 is 9.53 Å². The van der Waals surface area contributed by atoms with Crippen molar-refractivity contribution in [2.75, 3.05) is 79.7 Å². The zero-order valence-corrected chi connectivity index (χ0v) is 16.5. The maximum Gasteiger partial charge on any atom is 0.179 e. The third-order valence-corrected chi connectivity index (χ3v) is 4.95. The third-order valence-electron chi connectivity index (χ3n) is 4.95. The molecule has 2 aliphatic rings. The minimum absolute atomic E-state index is 0.167. The predicted molar refractivity (Wildman–Crippen MR) is 106 cm³/mol. The first kappa shape index (κ1) is 19.9. The van der Waals surface area contributed by atoms with Crippen LogP contribution in [0.2, 0.25) is 0 Å². The van der Waals surface area contributed by atoms with Crippen LogP contribution in [0.5, 0.6) is 0 Å². The summed E-state index contributed by atoms with van der Waals surface area (Å²) in [5.41, 5.74) is 2.82. The molecule has 148 valence electrons. The van der Waals surface area contributed by atoms with Gasteiger partial charge in [-0.2, -0.15) is 0 Å². The molecular formula is C20H31N5O2. The minimum Gasteiger partial charge on any atom is -0.379 e. The number of aromatic nitrogens is 1. The van der Waals surface area contributed by atoms with Crippen molar-refractivity contribution in [2.24, 2.45) is 0 Å². The Bertz CT molecular complexity index is 635. The number of likely N-dealkylation sites (N-methyl/N-ethyl adjacent to an activating group) is 1. The molecule has 1 aromatic heterocycles. The lowest BCUT2D eigenvalue weighted by atomic mass is 9.98. The second-order valence-corrected chi connectivity index (χ2v) is 7.35. The number of piperazine rings is 1. The standard InChI is InChI=1S/C20H31N5O2/c1-23(2)15-18(25-8-6-21-7-9-25)20(17-4-3-5-22-14-17)19(26)16-24-10-12-27-13-11-24/h3-5,14,21H,6-13,15-16H2,1-2H3. The number of rotatable bonds is 7. The lowest BCUT2D eigenvalue weighted by molar-refractivity contribution is -0.115. The molecule has 0 spiro atoms. The Morgan fingerprint density at radius 2 is 1.96 bits per heavy atom. The fourth-order valence-electron chi connectivity index (χ4n) is 3.61. The van der Waals surface area contributed by atoms with Crippen LogP contribution >= 0.6 is 0 Å². The molecule has 2 aliphatic heterocycles. The molecule has 2 saturated heterocycles. The van der Waals surface area contributed by atoms with E-state index in [1.807, 2.05) is 18.3 Å². The molecule has 2 fully saturated rings. The van der Waals surface area contributed by atoms with Gasteiger partial charge in [0.25, 0.3) is 0 Å². The molecule has 0 aromatic carbocycles. The van der Waals surface area contributed by atoms with Gasteiger partial charge < -0.3 is 19.9 Å². The molecule has 0 radical (unpaired) electrons. The first-order chi connectivity index (χ1) is 13.1. The van der Waals surface area contributed by atoms with Crippen LogP contribution < -0.4 is 5.32 Å². The second kappa shape index (κ2) is 9.94. The number of ketones is 1. The van der Waals surface area contributed by atoms with Crippen molar-refractivity contribution in [1.82, 2.24) is 25.0 Å².